The number of hydrogen-bond acceptors (Lipinski definition) is 4. The highest BCUT2D eigenvalue weighted by molar-refractivity contribution is 6.33. The van der Waals surface area contributed by atoms with Gasteiger partial charge in [0.15, 0.2) is 0 Å². The number of likely N-dealkylation sites (tertiary alicyclic amines) is 2. The van der Waals surface area contributed by atoms with Crippen molar-refractivity contribution >= 4 is 23.2 Å². The van der Waals surface area contributed by atoms with Crippen molar-refractivity contribution in [2.75, 3.05) is 45.6 Å². The van der Waals surface area contributed by atoms with Gasteiger partial charge in [0, 0.05) is 25.7 Å². The van der Waals surface area contributed by atoms with Crippen molar-refractivity contribution in [2.45, 2.75) is 32.6 Å². The zero-order valence-corrected chi connectivity index (χ0v) is 16.6. The first-order valence-corrected chi connectivity index (χ1v) is 10.0. The summed E-state index contributed by atoms with van der Waals surface area (Å²) in [7, 11) is 1.55. The topological polar surface area (TPSA) is 58.8 Å². The first-order chi connectivity index (χ1) is 12.5. The van der Waals surface area contributed by atoms with Crippen LogP contribution in [0.5, 0.6) is 5.75 Å². The van der Waals surface area contributed by atoms with Crippen LogP contribution in [-0.4, -0.2) is 55.5 Å². The molecule has 0 aromatic heterocycles. The first-order valence-electron chi connectivity index (χ1n) is 9.62. The molecular weight excluding hydrogens is 350 g/mol. The van der Waals surface area contributed by atoms with Crippen LogP contribution in [0.4, 0.5) is 5.69 Å². The van der Waals surface area contributed by atoms with Crippen LogP contribution >= 0.6 is 11.6 Å². The SMILES string of the molecule is COc1cc(N)c(Cl)cc1C(=O)N1CCCC(CN2CCC(C)CC2)C1. The van der Waals surface area contributed by atoms with E-state index >= 15 is 0 Å². The molecule has 1 aromatic carbocycles. The van der Waals surface area contributed by atoms with E-state index in [9.17, 15) is 4.79 Å². The average molecular weight is 380 g/mol. The summed E-state index contributed by atoms with van der Waals surface area (Å²) in [6, 6.07) is 3.26. The molecule has 0 spiro atoms. The zero-order valence-electron chi connectivity index (χ0n) is 15.8. The van der Waals surface area contributed by atoms with Crippen molar-refractivity contribution < 1.29 is 9.53 Å². The third-order valence-corrected chi connectivity index (χ3v) is 6.08. The lowest BCUT2D eigenvalue weighted by Crippen LogP contribution is -2.45. The molecule has 2 aliphatic rings. The van der Waals surface area contributed by atoms with E-state index in [-0.39, 0.29) is 5.91 Å². The summed E-state index contributed by atoms with van der Waals surface area (Å²) in [6.07, 6.45) is 4.81. The van der Waals surface area contributed by atoms with Crippen LogP contribution < -0.4 is 10.5 Å². The monoisotopic (exact) mass is 379 g/mol. The number of benzene rings is 1. The molecule has 2 heterocycles. The van der Waals surface area contributed by atoms with Gasteiger partial charge in [-0.25, -0.2) is 0 Å². The predicted octanol–water partition coefficient (Wildman–Crippen LogP) is 3.51. The lowest BCUT2D eigenvalue weighted by atomic mass is 9.94. The first kappa shape index (κ1) is 19.3. The van der Waals surface area contributed by atoms with Gasteiger partial charge in [-0.1, -0.05) is 18.5 Å². The molecule has 2 aliphatic heterocycles. The number of hydrogen-bond donors (Lipinski definition) is 1. The minimum absolute atomic E-state index is 0.0132. The van der Waals surface area contributed by atoms with Crippen molar-refractivity contribution in [3.05, 3.63) is 22.7 Å². The standard InChI is InChI=1S/C20H30ClN3O2/c1-14-5-8-23(9-6-14)12-15-4-3-7-24(13-15)20(25)16-10-17(21)18(22)11-19(16)26-2/h10-11,14-15H,3-9,12-13,22H2,1-2H3. The molecular formula is C20H30ClN3O2. The Balaban J connectivity index is 1.65. The number of rotatable bonds is 4. The fourth-order valence-electron chi connectivity index (χ4n) is 4.08. The van der Waals surface area contributed by atoms with Gasteiger partial charge in [-0.2, -0.15) is 0 Å². The summed E-state index contributed by atoms with van der Waals surface area (Å²) < 4.78 is 5.36. The van der Waals surface area contributed by atoms with Crippen LogP contribution in [0.25, 0.3) is 0 Å². The molecule has 2 fully saturated rings. The Hall–Kier alpha value is -1.46. The smallest absolute Gasteiger partial charge is 0.257 e. The molecule has 1 unspecified atom stereocenters. The summed E-state index contributed by atoms with van der Waals surface area (Å²) in [6.45, 7) is 7.40. The second kappa shape index (κ2) is 8.49. The highest BCUT2D eigenvalue weighted by Gasteiger charge is 2.28. The van der Waals surface area contributed by atoms with Crippen molar-refractivity contribution in [1.82, 2.24) is 9.80 Å². The molecule has 26 heavy (non-hydrogen) atoms. The third kappa shape index (κ3) is 4.44. The van der Waals surface area contributed by atoms with Crippen LogP contribution in [0.3, 0.4) is 0 Å². The number of halogens is 1. The molecule has 144 valence electrons. The summed E-state index contributed by atoms with van der Waals surface area (Å²) in [4.78, 5) is 17.6. The van der Waals surface area contributed by atoms with Gasteiger partial charge in [0.25, 0.3) is 5.91 Å². The quantitative estimate of drug-likeness (QED) is 0.813. The van der Waals surface area contributed by atoms with Crippen molar-refractivity contribution in [3.8, 4) is 5.75 Å². The van der Waals surface area contributed by atoms with Crippen molar-refractivity contribution in [3.63, 3.8) is 0 Å². The van der Waals surface area contributed by atoms with Crippen LogP contribution in [-0.2, 0) is 0 Å². The molecule has 0 radical (unpaired) electrons. The number of ether oxygens (including phenoxy) is 1. The zero-order chi connectivity index (χ0) is 18.7. The summed E-state index contributed by atoms with van der Waals surface area (Å²) in [5.74, 6) is 1.86. The van der Waals surface area contributed by atoms with Gasteiger partial charge >= 0.3 is 0 Å². The maximum absolute atomic E-state index is 13.1. The average Bonchev–Trinajstić information content (AvgIpc) is 2.65. The molecule has 5 nitrogen and oxygen atoms in total. The maximum Gasteiger partial charge on any atom is 0.257 e. The minimum Gasteiger partial charge on any atom is -0.496 e. The van der Waals surface area contributed by atoms with E-state index in [1.165, 1.54) is 32.4 Å². The second-order valence-electron chi connectivity index (χ2n) is 7.82. The number of piperidine rings is 2. The molecule has 6 heteroatoms. The number of amides is 1. The van der Waals surface area contributed by atoms with Gasteiger partial charge in [-0.05, 0) is 56.7 Å². The molecule has 3 rings (SSSR count). The number of carbonyl (C=O) groups is 1. The molecule has 0 bridgehead atoms. The van der Waals surface area contributed by atoms with E-state index in [2.05, 4.69) is 11.8 Å². The molecule has 0 saturated carbocycles. The Morgan fingerprint density at radius 3 is 2.69 bits per heavy atom. The van der Waals surface area contributed by atoms with Gasteiger partial charge in [0.1, 0.15) is 5.75 Å². The van der Waals surface area contributed by atoms with Gasteiger partial charge < -0.3 is 20.3 Å². The van der Waals surface area contributed by atoms with Gasteiger partial charge in [-0.3, -0.25) is 4.79 Å². The minimum atomic E-state index is -0.0132. The van der Waals surface area contributed by atoms with E-state index in [4.69, 9.17) is 22.1 Å². The van der Waals surface area contributed by atoms with E-state index < -0.39 is 0 Å². The summed E-state index contributed by atoms with van der Waals surface area (Å²) >= 11 is 6.14. The van der Waals surface area contributed by atoms with Crippen molar-refractivity contribution in [1.29, 1.82) is 0 Å². The van der Waals surface area contributed by atoms with Crippen LogP contribution in [0.15, 0.2) is 12.1 Å². The van der Waals surface area contributed by atoms with Crippen LogP contribution in [0.1, 0.15) is 43.0 Å². The number of carbonyl (C=O) groups excluding carboxylic acids is 1. The molecule has 2 N–H and O–H groups in total. The van der Waals surface area contributed by atoms with E-state index in [1.807, 2.05) is 4.90 Å². The fraction of sp³-hybridized carbons (Fsp3) is 0.650. The Kier molecular flexibility index (Phi) is 6.30. The highest BCUT2D eigenvalue weighted by atomic mass is 35.5. The Labute approximate surface area is 161 Å². The Morgan fingerprint density at radius 2 is 2.00 bits per heavy atom. The molecule has 0 aliphatic carbocycles. The van der Waals surface area contributed by atoms with Crippen LogP contribution in [0.2, 0.25) is 5.02 Å². The van der Waals surface area contributed by atoms with Gasteiger partial charge in [0.05, 0.1) is 23.4 Å². The second-order valence-corrected chi connectivity index (χ2v) is 8.22. The third-order valence-electron chi connectivity index (χ3n) is 5.75. The number of nitrogen functional groups attached to an aromatic ring is 1. The van der Waals surface area contributed by atoms with Crippen molar-refractivity contribution in [2.24, 2.45) is 11.8 Å². The van der Waals surface area contributed by atoms with E-state index in [1.54, 1.807) is 19.2 Å². The molecule has 2 saturated heterocycles. The number of methoxy groups -OCH3 is 1. The maximum atomic E-state index is 13.1. The van der Waals surface area contributed by atoms with Crippen LogP contribution in [0, 0.1) is 11.8 Å². The summed E-state index contributed by atoms with van der Waals surface area (Å²) in [5.41, 5.74) is 6.76. The highest BCUT2D eigenvalue weighted by Crippen LogP contribution is 2.31. The molecule has 1 atom stereocenters. The van der Waals surface area contributed by atoms with Gasteiger partial charge in [-0.15, -0.1) is 0 Å². The lowest BCUT2D eigenvalue weighted by Gasteiger charge is -2.38. The van der Waals surface area contributed by atoms with E-state index in [0.29, 0.717) is 27.9 Å². The summed E-state index contributed by atoms with van der Waals surface area (Å²) in [5, 5.41) is 0.394. The molecule has 1 aromatic rings. The molecule has 1 amide bonds. The lowest BCUT2D eigenvalue weighted by molar-refractivity contribution is 0.0619. The predicted molar refractivity (Wildman–Crippen MR) is 106 cm³/mol. The Bertz CT molecular complexity index is 644. The number of nitrogens with zero attached hydrogens (tertiary/aromatic N) is 2. The fourth-order valence-corrected chi connectivity index (χ4v) is 4.25. The van der Waals surface area contributed by atoms with Gasteiger partial charge in [0.2, 0.25) is 0 Å². The van der Waals surface area contributed by atoms with E-state index in [0.717, 1.165) is 32.0 Å². The number of nitrogens with two attached hydrogens (primary N) is 1. The Morgan fingerprint density at radius 1 is 1.27 bits per heavy atom. The number of anilines is 1. The normalized spacial score (nSPS) is 22.4. The largest absolute Gasteiger partial charge is 0.496 e.